The molecule has 102 valence electrons. The first kappa shape index (κ1) is 13.5. The smallest absolute Gasteiger partial charge is 0.138 e. The van der Waals surface area contributed by atoms with Gasteiger partial charge in [-0.05, 0) is 39.7 Å². The highest BCUT2D eigenvalue weighted by Gasteiger charge is 2.24. The Morgan fingerprint density at radius 3 is 2.78 bits per heavy atom. The Hall–Kier alpha value is -0.940. The average molecular weight is 252 g/mol. The summed E-state index contributed by atoms with van der Waals surface area (Å²) in [4.78, 5) is 4.40. The van der Waals surface area contributed by atoms with E-state index in [9.17, 15) is 0 Å². The van der Waals surface area contributed by atoms with Crippen molar-refractivity contribution in [1.29, 1.82) is 0 Å². The Morgan fingerprint density at radius 2 is 2.17 bits per heavy atom. The molecule has 0 bridgehead atoms. The van der Waals surface area contributed by atoms with Crippen molar-refractivity contribution in [2.24, 2.45) is 5.92 Å². The molecular formula is C13H24N4O. The van der Waals surface area contributed by atoms with Crippen LogP contribution in [0, 0.1) is 5.92 Å². The third-order valence-electron chi connectivity index (χ3n) is 3.74. The SMILES string of the molecule is CNC(Cc1ncnn1C(C)C)C1CCOCC1. The van der Waals surface area contributed by atoms with Crippen molar-refractivity contribution in [1.82, 2.24) is 20.1 Å². The van der Waals surface area contributed by atoms with Crippen LogP contribution in [-0.4, -0.2) is 41.1 Å². The quantitative estimate of drug-likeness (QED) is 0.861. The van der Waals surface area contributed by atoms with Crippen LogP contribution in [0.3, 0.4) is 0 Å². The third kappa shape index (κ3) is 3.09. The van der Waals surface area contributed by atoms with Crippen molar-refractivity contribution in [3.05, 3.63) is 12.2 Å². The van der Waals surface area contributed by atoms with E-state index in [-0.39, 0.29) is 0 Å². The lowest BCUT2D eigenvalue weighted by atomic mass is 9.89. The molecule has 5 nitrogen and oxygen atoms in total. The molecule has 1 unspecified atom stereocenters. The molecule has 1 atom stereocenters. The maximum absolute atomic E-state index is 5.43. The van der Waals surface area contributed by atoms with Crippen LogP contribution in [0.2, 0.25) is 0 Å². The summed E-state index contributed by atoms with van der Waals surface area (Å²) in [7, 11) is 2.04. The molecule has 0 radical (unpaired) electrons. The van der Waals surface area contributed by atoms with Crippen LogP contribution in [0.25, 0.3) is 0 Å². The predicted octanol–water partition coefficient (Wildman–Crippen LogP) is 1.42. The van der Waals surface area contributed by atoms with Gasteiger partial charge < -0.3 is 10.1 Å². The van der Waals surface area contributed by atoms with Gasteiger partial charge in [-0.3, -0.25) is 0 Å². The summed E-state index contributed by atoms with van der Waals surface area (Å²) in [6, 6.07) is 0.838. The lowest BCUT2D eigenvalue weighted by Gasteiger charge is -2.30. The van der Waals surface area contributed by atoms with Crippen molar-refractivity contribution >= 4 is 0 Å². The van der Waals surface area contributed by atoms with Gasteiger partial charge in [-0.2, -0.15) is 5.10 Å². The van der Waals surface area contributed by atoms with Gasteiger partial charge in [-0.15, -0.1) is 0 Å². The third-order valence-corrected chi connectivity index (χ3v) is 3.74. The number of hydrogen-bond donors (Lipinski definition) is 1. The molecule has 1 aromatic rings. The van der Waals surface area contributed by atoms with Crippen LogP contribution in [0.4, 0.5) is 0 Å². The fourth-order valence-corrected chi connectivity index (χ4v) is 2.67. The molecule has 0 spiro atoms. The summed E-state index contributed by atoms with van der Waals surface area (Å²) in [5.41, 5.74) is 0. The van der Waals surface area contributed by atoms with Crippen molar-refractivity contribution < 1.29 is 4.74 Å². The highest BCUT2D eigenvalue weighted by Crippen LogP contribution is 2.21. The summed E-state index contributed by atoms with van der Waals surface area (Å²) < 4.78 is 7.45. The van der Waals surface area contributed by atoms with Gasteiger partial charge in [0.15, 0.2) is 0 Å². The van der Waals surface area contributed by atoms with E-state index in [4.69, 9.17) is 4.74 Å². The molecule has 0 saturated carbocycles. The number of likely N-dealkylation sites (N-methyl/N-ethyl adjacent to an activating group) is 1. The molecule has 1 aromatic heterocycles. The molecule has 1 saturated heterocycles. The Morgan fingerprint density at radius 1 is 1.44 bits per heavy atom. The van der Waals surface area contributed by atoms with Crippen LogP contribution < -0.4 is 5.32 Å². The Bertz CT molecular complexity index is 358. The highest BCUT2D eigenvalue weighted by molar-refractivity contribution is 4.93. The molecule has 5 heteroatoms. The maximum Gasteiger partial charge on any atom is 0.138 e. The molecule has 2 heterocycles. The minimum Gasteiger partial charge on any atom is -0.381 e. The van der Waals surface area contributed by atoms with E-state index in [0.29, 0.717) is 18.0 Å². The standard InChI is InChI=1S/C13H24N4O/c1-10(2)17-13(15-9-16-17)8-12(14-3)11-4-6-18-7-5-11/h9-12,14H,4-8H2,1-3H3. The molecule has 18 heavy (non-hydrogen) atoms. The van der Waals surface area contributed by atoms with Gasteiger partial charge in [0, 0.05) is 31.7 Å². The summed E-state index contributed by atoms with van der Waals surface area (Å²) in [6.45, 7) is 6.06. The van der Waals surface area contributed by atoms with Gasteiger partial charge in [-0.25, -0.2) is 9.67 Å². The number of rotatable bonds is 5. The Labute approximate surface area is 109 Å². The van der Waals surface area contributed by atoms with Gasteiger partial charge in [0.2, 0.25) is 0 Å². The molecule has 0 aliphatic carbocycles. The number of nitrogens with one attached hydrogen (secondary N) is 1. The van der Waals surface area contributed by atoms with Gasteiger partial charge in [0.1, 0.15) is 12.2 Å². The number of nitrogens with zero attached hydrogens (tertiary/aromatic N) is 3. The lowest BCUT2D eigenvalue weighted by molar-refractivity contribution is 0.0543. The van der Waals surface area contributed by atoms with E-state index < -0.39 is 0 Å². The van der Waals surface area contributed by atoms with Crippen LogP contribution in [0.15, 0.2) is 6.33 Å². The first-order chi connectivity index (χ1) is 8.72. The second kappa shape index (κ2) is 6.29. The van der Waals surface area contributed by atoms with E-state index in [1.807, 2.05) is 11.7 Å². The molecule has 1 aliphatic heterocycles. The van der Waals surface area contributed by atoms with Crippen LogP contribution >= 0.6 is 0 Å². The summed E-state index contributed by atoms with van der Waals surface area (Å²) >= 11 is 0. The summed E-state index contributed by atoms with van der Waals surface area (Å²) in [6.07, 6.45) is 4.88. The zero-order valence-electron chi connectivity index (χ0n) is 11.6. The largest absolute Gasteiger partial charge is 0.381 e. The topological polar surface area (TPSA) is 52.0 Å². The lowest BCUT2D eigenvalue weighted by Crippen LogP contribution is -2.39. The Balaban J connectivity index is 2.02. The highest BCUT2D eigenvalue weighted by atomic mass is 16.5. The average Bonchev–Trinajstić information content (AvgIpc) is 2.85. The summed E-state index contributed by atoms with van der Waals surface area (Å²) in [5, 5.41) is 7.74. The number of ether oxygens (including phenoxy) is 1. The molecule has 0 amide bonds. The van der Waals surface area contributed by atoms with Gasteiger partial charge >= 0.3 is 0 Å². The van der Waals surface area contributed by atoms with E-state index in [1.54, 1.807) is 6.33 Å². The van der Waals surface area contributed by atoms with E-state index in [2.05, 4.69) is 29.2 Å². The molecular weight excluding hydrogens is 228 g/mol. The van der Waals surface area contributed by atoms with E-state index in [0.717, 1.165) is 38.3 Å². The van der Waals surface area contributed by atoms with Gasteiger partial charge in [-0.1, -0.05) is 0 Å². The molecule has 1 N–H and O–H groups in total. The van der Waals surface area contributed by atoms with Crippen molar-refractivity contribution in [2.45, 2.75) is 45.2 Å². The zero-order valence-corrected chi connectivity index (χ0v) is 11.6. The minimum atomic E-state index is 0.370. The van der Waals surface area contributed by atoms with Crippen LogP contribution in [-0.2, 0) is 11.2 Å². The normalized spacial score (nSPS) is 19.3. The van der Waals surface area contributed by atoms with Crippen molar-refractivity contribution in [2.75, 3.05) is 20.3 Å². The van der Waals surface area contributed by atoms with Crippen molar-refractivity contribution in [3.8, 4) is 0 Å². The predicted molar refractivity (Wildman–Crippen MR) is 70.5 cm³/mol. The van der Waals surface area contributed by atoms with Crippen LogP contribution in [0.1, 0.15) is 38.6 Å². The number of aromatic nitrogens is 3. The van der Waals surface area contributed by atoms with Gasteiger partial charge in [0.05, 0.1) is 0 Å². The number of hydrogen-bond acceptors (Lipinski definition) is 4. The first-order valence-electron chi connectivity index (χ1n) is 6.85. The second-order valence-electron chi connectivity index (χ2n) is 5.26. The fourth-order valence-electron chi connectivity index (χ4n) is 2.67. The first-order valence-corrected chi connectivity index (χ1v) is 6.85. The second-order valence-corrected chi connectivity index (χ2v) is 5.26. The molecule has 2 rings (SSSR count). The maximum atomic E-state index is 5.43. The molecule has 1 aliphatic rings. The molecule has 0 aromatic carbocycles. The molecule has 1 fully saturated rings. The van der Waals surface area contributed by atoms with Gasteiger partial charge in [0.25, 0.3) is 0 Å². The van der Waals surface area contributed by atoms with E-state index in [1.165, 1.54) is 0 Å². The summed E-state index contributed by atoms with van der Waals surface area (Å²) in [5.74, 6) is 1.76. The zero-order chi connectivity index (χ0) is 13.0. The monoisotopic (exact) mass is 252 g/mol. The van der Waals surface area contributed by atoms with Crippen molar-refractivity contribution in [3.63, 3.8) is 0 Å². The minimum absolute atomic E-state index is 0.370. The van der Waals surface area contributed by atoms with E-state index >= 15 is 0 Å². The fraction of sp³-hybridized carbons (Fsp3) is 0.846. The Kier molecular flexibility index (Phi) is 4.72. The van der Waals surface area contributed by atoms with Crippen LogP contribution in [0.5, 0.6) is 0 Å².